The Morgan fingerprint density at radius 3 is 2.55 bits per heavy atom. The molecular weight excluding hydrogens is 508 g/mol. The van der Waals surface area contributed by atoms with Crippen LogP contribution in [0.4, 0.5) is 5.69 Å². The van der Waals surface area contributed by atoms with Crippen LogP contribution in [0, 0.1) is 16.7 Å². The van der Waals surface area contributed by atoms with Crippen LogP contribution in [0.25, 0.3) is 16.9 Å². The van der Waals surface area contributed by atoms with E-state index in [1.54, 1.807) is 16.8 Å². The number of hydrogen-bond acceptors (Lipinski definition) is 8. The molecule has 3 aromatic rings. The molecule has 3 fully saturated rings. The molecule has 0 radical (unpaired) electrons. The van der Waals surface area contributed by atoms with Crippen LogP contribution in [0.2, 0.25) is 0 Å². The Bertz CT molecular complexity index is 1460. The highest BCUT2D eigenvalue weighted by molar-refractivity contribution is 6.00. The Morgan fingerprint density at radius 2 is 1.88 bits per heavy atom. The van der Waals surface area contributed by atoms with Crippen molar-refractivity contribution in [3.8, 4) is 17.5 Å². The van der Waals surface area contributed by atoms with Crippen LogP contribution in [0.3, 0.4) is 0 Å². The first kappa shape index (κ1) is 27.6. The molecule has 0 saturated heterocycles. The van der Waals surface area contributed by atoms with Crippen LogP contribution in [0.5, 0.6) is 0 Å². The zero-order chi connectivity index (χ0) is 28.5. The summed E-state index contributed by atoms with van der Waals surface area (Å²) in [5.41, 5.74) is 2.70. The van der Waals surface area contributed by atoms with E-state index in [0.29, 0.717) is 35.5 Å². The van der Waals surface area contributed by atoms with E-state index in [9.17, 15) is 20.0 Å². The molecule has 6 rings (SSSR count). The molecule has 0 unspecified atom stereocenters. The lowest BCUT2D eigenvalue weighted by Gasteiger charge is -2.51. The van der Waals surface area contributed by atoms with E-state index in [2.05, 4.69) is 26.8 Å². The minimum absolute atomic E-state index is 0.193. The fourth-order valence-electron chi connectivity index (χ4n) is 5.93. The number of hydrogen-bond donors (Lipinski definition) is 3. The van der Waals surface area contributed by atoms with Gasteiger partial charge < -0.3 is 20.5 Å². The van der Waals surface area contributed by atoms with Gasteiger partial charge >= 0.3 is 5.97 Å². The van der Waals surface area contributed by atoms with E-state index in [4.69, 9.17) is 4.74 Å². The first-order valence-corrected chi connectivity index (χ1v) is 13.8. The first-order valence-electron chi connectivity index (χ1n) is 13.8. The lowest BCUT2D eigenvalue weighted by Crippen LogP contribution is -2.54. The minimum atomic E-state index is -0.567. The van der Waals surface area contributed by atoms with Gasteiger partial charge in [-0.1, -0.05) is 13.8 Å². The molecule has 40 heavy (non-hydrogen) atoms. The van der Waals surface area contributed by atoms with Crippen molar-refractivity contribution in [3.05, 3.63) is 47.8 Å². The summed E-state index contributed by atoms with van der Waals surface area (Å²) in [5.74, 6) is -0.517. The van der Waals surface area contributed by atoms with Gasteiger partial charge in [0.05, 0.1) is 59.0 Å². The number of fused-ring (bicyclic) bond motifs is 4. The Kier molecular flexibility index (Phi) is 7.27. The Balaban J connectivity index is 1.42. The van der Waals surface area contributed by atoms with E-state index in [-0.39, 0.29) is 29.3 Å². The van der Waals surface area contributed by atoms with Gasteiger partial charge in [-0.2, -0.15) is 10.4 Å². The monoisotopic (exact) mass is 544 g/mol. The number of esters is 1. The fraction of sp³-hybridized carbons (Fsp3) is 0.500. The topological polar surface area (TPSA) is 142 Å². The molecule has 10 heteroatoms. The van der Waals surface area contributed by atoms with Crippen LogP contribution < -0.4 is 10.6 Å². The standard InChI is InChI=1S/C30H36N6O4/c1-28(2,16-26(37)40-3)12-13-32-27(38)22-19-33-24(25-5-4-21-14-20(17-31)18-34-36(21)25)15-23(22)35-29-6-9-30(39,10-7-29)11-8-29/h4-5,14-15,18-19,39H,6-13,16H2,1-3H3,(H,32,38)(H,33,35). The van der Waals surface area contributed by atoms with Crippen molar-refractivity contribution < 1.29 is 19.4 Å². The van der Waals surface area contributed by atoms with Gasteiger partial charge in [-0.15, -0.1) is 0 Å². The predicted octanol–water partition coefficient (Wildman–Crippen LogP) is 4.23. The number of anilines is 1. The predicted molar refractivity (Wildman–Crippen MR) is 150 cm³/mol. The van der Waals surface area contributed by atoms with Crippen LogP contribution in [0.1, 0.15) is 81.1 Å². The van der Waals surface area contributed by atoms with Gasteiger partial charge in [0.25, 0.3) is 5.91 Å². The number of aliphatic hydroxyl groups is 1. The molecule has 2 bridgehead atoms. The molecule has 0 aliphatic heterocycles. The van der Waals surface area contributed by atoms with Gasteiger partial charge in [0.1, 0.15) is 6.07 Å². The molecule has 1 amide bonds. The van der Waals surface area contributed by atoms with Crippen molar-refractivity contribution in [2.45, 2.75) is 76.4 Å². The third kappa shape index (κ3) is 5.65. The summed E-state index contributed by atoms with van der Waals surface area (Å²) >= 11 is 0. The summed E-state index contributed by atoms with van der Waals surface area (Å²) in [6, 6.07) is 9.56. The van der Waals surface area contributed by atoms with Gasteiger partial charge in [-0.05, 0) is 74.6 Å². The van der Waals surface area contributed by atoms with Gasteiger partial charge in [0, 0.05) is 18.3 Å². The second kappa shape index (κ2) is 10.5. The van der Waals surface area contributed by atoms with E-state index < -0.39 is 5.60 Å². The quantitative estimate of drug-likeness (QED) is 0.340. The molecule has 3 saturated carbocycles. The molecule has 210 valence electrons. The molecule has 0 atom stereocenters. The molecule has 3 aliphatic rings. The van der Waals surface area contributed by atoms with E-state index in [1.807, 2.05) is 32.0 Å². The first-order chi connectivity index (χ1) is 19.0. The summed E-state index contributed by atoms with van der Waals surface area (Å²) in [5, 5.41) is 31.1. The average Bonchev–Trinajstić information content (AvgIpc) is 3.36. The van der Waals surface area contributed by atoms with Gasteiger partial charge in [0.2, 0.25) is 0 Å². The number of aromatic nitrogens is 3. The van der Waals surface area contributed by atoms with Crippen LogP contribution >= 0.6 is 0 Å². The molecule has 3 N–H and O–H groups in total. The maximum Gasteiger partial charge on any atom is 0.306 e. The van der Waals surface area contributed by atoms with Crippen molar-refractivity contribution in [1.29, 1.82) is 5.26 Å². The summed E-state index contributed by atoms with van der Waals surface area (Å²) in [4.78, 5) is 29.8. The van der Waals surface area contributed by atoms with E-state index in [1.165, 1.54) is 13.3 Å². The van der Waals surface area contributed by atoms with E-state index >= 15 is 0 Å². The van der Waals surface area contributed by atoms with Gasteiger partial charge in [-0.3, -0.25) is 14.6 Å². The molecule has 0 spiro atoms. The number of carbonyl (C=O) groups is 2. The third-order valence-electron chi connectivity index (χ3n) is 8.58. The highest BCUT2D eigenvalue weighted by Crippen LogP contribution is 2.48. The normalized spacial score (nSPS) is 22.1. The maximum absolute atomic E-state index is 13.4. The Hall–Kier alpha value is -3.97. The molecule has 3 aromatic heterocycles. The summed E-state index contributed by atoms with van der Waals surface area (Å²) in [7, 11) is 1.38. The number of nitrogens with one attached hydrogen (secondary N) is 2. The molecule has 3 aliphatic carbocycles. The number of nitriles is 1. The Morgan fingerprint density at radius 1 is 1.15 bits per heavy atom. The average molecular weight is 545 g/mol. The summed E-state index contributed by atoms with van der Waals surface area (Å²) in [6.07, 6.45) is 8.69. The zero-order valence-electron chi connectivity index (χ0n) is 23.3. The molecule has 10 nitrogen and oxygen atoms in total. The SMILES string of the molecule is COC(=O)CC(C)(C)CCNC(=O)c1cnc(-c2ccc3cc(C#N)cnn23)cc1NC12CCC(O)(CC1)CC2. The third-order valence-corrected chi connectivity index (χ3v) is 8.58. The summed E-state index contributed by atoms with van der Waals surface area (Å²) in [6.45, 7) is 4.35. The lowest BCUT2D eigenvalue weighted by molar-refractivity contribution is -0.143. The smallest absolute Gasteiger partial charge is 0.306 e. The number of nitrogens with zero attached hydrogens (tertiary/aromatic N) is 4. The van der Waals surface area contributed by atoms with Crippen molar-refractivity contribution in [1.82, 2.24) is 19.9 Å². The molecular formula is C30H36N6O4. The number of pyridine rings is 1. The van der Waals surface area contributed by atoms with E-state index in [0.717, 1.165) is 49.7 Å². The van der Waals surface area contributed by atoms with Crippen LogP contribution in [0.15, 0.2) is 36.7 Å². The fourth-order valence-corrected chi connectivity index (χ4v) is 5.93. The zero-order valence-corrected chi connectivity index (χ0v) is 23.3. The highest BCUT2D eigenvalue weighted by Gasteiger charge is 2.48. The summed E-state index contributed by atoms with van der Waals surface area (Å²) < 4.78 is 6.53. The Labute approximate surface area is 233 Å². The maximum atomic E-state index is 13.4. The van der Waals surface area contributed by atoms with Crippen LogP contribution in [-0.2, 0) is 9.53 Å². The number of rotatable bonds is 9. The molecule has 0 aromatic carbocycles. The molecule has 3 heterocycles. The number of carbonyl (C=O) groups excluding carboxylic acids is 2. The number of ether oxygens (including phenoxy) is 1. The van der Waals surface area contributed by atoms with Gasteiger partial charge in [0.15, 0.2) is 0 Å². The van der Waals surface area contributed by atoms with Crippen LogP contribution in [-0.4, -0.2) is 56.4 Å². The van der Waals surface area contributed by atoms with Crippen molar-refractivity contribution >= 4 is 23.1 Å². The van der Waals surface area contributed by atoms with Crippen molar-refractivity contribution in [3.63, 3.8) is 0 Å². The number of methoxy groups -OCH3 is 1. The van der Waals surface area contributed by atoms with Gasteiger partial charge in [-0.25, -0.2) is 4.52 Å². The van der Waals surface area contributed by atoms with Crippen molar-refractivity contribution in [2.75, 3.05) is 19.0 Å². The second-order valence-corrected chi connectivity index (χ2v) is 12.1. The lowest BCUT2D eigenvalue weighted by atomic mass is 9.63. The second-order valence-electron chi connectivity index (χ2n) is 12.1. The number of amides is 1. The van der Waals surface area contributed by atoms with Crippen molar-refractivity contribution in [2.24, 2.45) is 5.41 Å². The minimum Gasteiger partial charge on any atom is -0.469 e. The largest absolute Gasteiger partial charge is 0.469 e. The highest BCUT2D eigenvalue weighted by atomic mass is 16.5.